The van der Waals surface area contributed by atoms with Crippen LogP contribution in [0.4, 0.5) is 19.0 Å². The van der Waals surface area contributed by atoms with Gasteiger partial charge < -0.3 is 10.4 Å². The Morgan fingerprint density at radius 2 is 2.00 bits per heavy atom. The first-order chi connectivity index (χ1) is 10.3. The predicted octanol–water partition coefficient (Wildman–Crippen LogP) is 2.81. The van der Waals surface area contributed by atoms with E-state index in [1.54, 1.807) is 0 Å². The Morgan fingerprint density at radius 1 is 1.32 bits per heavy atom. The molecule has 0 spiro atoms. The second-order valence-electron chi connectivity index (χ2n) is 4.43. The van der Waals surface area contributed by atoms with Crippen molar-refractivity contribution in [2.24, 2.45) is 0 Å². The lowest BCUT2D eigenvalue weighted by Gasteiger charge is -2.11. The van der Waals surface area contributed by atoms with Crippen LogP contribution in [-0.4, -0.2) is 32.6 Å². The highest BCUT2D eigenvalue weighted by Gasteiger charge is 2.34. The number of aromatic nitrogens is 3. The quantitative estimate of drug-likeness (QED) is 0.887. The molecule has 0 aliphatic carbocycles. The van der Waals surface area contributed by atoms with Crippen molar-refractivity contribution in [1.29, 1.82) is 0 Å². The molecule has 0 atom stereocenters. The van der Waals surface area contributed by atoms with Crippen LogP contribution >= 0.6 is 0 Å². The number of nitrogens with zero attached hydrogens (tertiary/aromatic N) is 3. The van der Waals surface area contributed by atoms with Gasteiger partial charge in [0.15, 0.2) is 5.82 Å². The van der Waals surface area contributed by atoms with Gasteiger partial charge in [0.05, 0.1) is 11.3 Å². The molecule has 2 N–H and O–H groups in total. The topological polar surface area (TPSA) is 80.0 Å². The first-order valence-corrected chi connectivity index (χ1v) is 6.45. The summed E-state index contributed by atoms with van der Waals surface area (Å²) in [5.41, 5.74) is -1.70. The summed E-state index contributed by atoms with van der Waals surface area (Å²) in [5.74, 6) is -1.43. The molecule has 0 saturated heterocycles. The predicted molar refractivity (Wildman–Crippen MR) is 72.1 cm³/mol. The van der Waals surface area contributed by atoms with E-state index in [1.807, 2.05) is 6.92 Å². The summed E-state index contributed by atoms with van der Waals surface area (Å²) in [7, 11) is 0. The second kappa shape index (κ2) is 6.04. The Balaban J connectivity index is 2.52. The van der Waals surface area contributed by atoms with Crippen molar-refractivity contribution in [2.45, 2.75) is 19.5 Å². The van der Waals surface area contributed by atoms with Gasteiger partial charge in [-0.1, -0.05) is 19.1 Å². The summed E-state index contributed by atoms with van der Waals surface area (Å²) >= 11 is 0. The maximum atomic E-state index is 13.0. The number of carboxylic acids is 1. The van der Waals surface area contributed by atoms with E-state index >= 15 is 0 Å². The van der Waals surface area contributed by atoms with Gasteiger partial charge in [-0.25, -0.2) is 4.79 Å². The first kappa shape index (κ1) is 15.8. The molecule has 0 saturated carbocycles. The third-order valence-electron chi connectivity index (χ3n) is 2.78. The number of carbonyl (C=O) groups is 1. The van der Waals surface area contributed by atoms with Crippen molar-refractivity contribution >= 4 is 11.8 Å². The Labute approximate surface area is 123 Å². The van der Waals surface area contributed by atoms with E-state index in [4.69, 9.17) is 5.11 Å². The normalized spacial score (nSPS) is 11.5. The van der Waals surface area contributed by atoms with Gasteiger partial charge in [0, 0.05) is 6.54 Å². The van der Waals surface area contributed by atoms with Crippen molar-refractivity contribution in [3.05, 3.63) is 35.5 Å². The summed E-state index contributed by atoms with van der Waals surface area (Å²) in [4.78, 5) is 11.8. The van der Waals surface area contributed by atoms with Crippen molar-refractivity contribution in [1.82, 2.24) is 15.0 Å². The van der Waals surface area contributed by atoms with E-state index in [-0.39, 0.29) is 11.5 Å². The molecule has 1 heterocycles. The zero-order valence-electron chi connectivity index (χ0n) is 11.6. The number of hydrogen-bond acceptors (Lipinski definition) is 4. The van der Waals surface area contributed by atoms with Crippen LogP contribution in [0, 0.1) is 0 Å². The van der Waals surface area contributed by atoms with Gasteiger partial charge in [-0.3, -0.25) is 0 Å². The minimum atomic E-state index is -4.59. The van der Waals surface area contributed by atoms with Gasteiger partial charge in [-0.2, -0.15) is 13.2 Å². The number of halogens is 3. The fraction of sp³-hybridized carbons (Fsp3) is 0.308. The van der Waals surface area contributed by atoms with E-state index in [0.29, 0.717) is 17.8 Å². The fourth-order valence-electron chi connectivity index (χ4n) is 1.81. The molecule has 1 aromatic carbocycles. The number of benzene rings is 1. The average molecular weight is 314 g/mol. The maximum Gasteiger partial charge on any atom is 0.418 e. The molecule has 118 valence electrons. The molecule has 6 nitrogen and oxygen atoms in total. The van der Waals surface area contributed by atoms with Gasteiger partial charge >= 0.3 is 12.1 Å². The van der Waals surface area contributed by atoms with Crippen molar-refractivity contribution in [2.75, 3.05) is 11.9 Å². The number of para-hydroxylation sites is 1. The SMILES string of the molecule is CCCNc1nn(-c2ccccc2C(F)(F)F)nc1C(=O)O. The minimum absolute atomic E-state index is 0.0636. The van der Waals surface area contributed by atoms with E-state index in [0.717, 1.165) is 6.07 Å². The smallest absolute Gasteiger partial charge is 0.418 e. The van der Waals surface area contributed by atoms with Crippen molar-refractivity contribution < 1.29 is 23.1 Å². The standard InChI is InChI=1S/C13H13F3N4O2/c1-2-7-17-11-10(12(21)22)18-20(19-11)9-6-4-3-5-8(9)13(14,15)16/h3-6H,2,7H2,1H3,(H,17,19)(H,21,22). The van der Waals surface area contributed by atoms with E-state index in [2.05, 4.69) is 15.5 Å². The summed E-state index contributed by atoms with van der Waals surface area (Å²) in [6.07, 6.45) is -3.89. The summed E-state index contributed by atoms with van der Waals surface area (Å²) in [5, 5.41) is 19.3. The highest BCUT2D eigenvalue weighted by atomic mass is 19.4. The number of aromatic carboxylic acids is 1. The van der Waals surface area contributed by atoms with Crippen LogP contribution in [-0.2, 0) is 6.18 Å². The molecule has 2 rings (SSSR count). The molecule has 0 amide bonds. The van der Waals surface area contributed by atoms with Crippen LogP contribution in [0.3, 0.4) is 0 Å². The van der Waals surface area contributed by atoms with E-state index < -0.39 is 23.4 Å². The van der Waals surface area contributed by atoms with Gasteiger partial charge in [0.2, 0.25) is 5.69 Å². The van der Waals surface area contributed by atoms with Crippen molar-refractivity contribution in [3.8, 4) is 5.69 Å². The van der Waals surface area contributed by atoms with Crippen LogP contribution in [0.5, 0.6) is 0 Å². The van der Waals surface area contributed by atoms with Gasteiger partial charge in [-0.05, 0) is 18.6 Å². The number of anilines is 1. The molecule has 9 heteroatoms. The lowest BCUT2D eigenvalue weighted by atomic mass is 10.2. The number of nitrogens with one attached hydrogen (secondary N) is 1. The lowest BCUT2D eigenvalue weighted by Crippen LogP contribution is -2.12. The Morgan fingerprint density at radius 3 is 2.59 bits per heavy atom. The lowest BCUT2D eigenvalue weighted by molar-refractivity contribution is -0.137. The number of rotatable bonds is 5. The molecule has 1 aromatic heterocycles. The summed E-state index contributed by atoms with van der Waals surface area (Å²) in [6, 6.07) is 4.70. The maximum absolute atomic E-state index is 13.0. The molecule has 0 radical (unpaired) electrons. The highest BCUT2D eigenvalue weighted by molar-refractivity contribution is 5.90. The summed E-state index contributed by atoms with van der Waals surface area (Å²) < 4.78 is 39.0. The Hall–Kier alpha value is -2.58. The van der Waals surface area contributed by atoms with Crippen LogP contribution in [0.1, 0.15) is 29.4 Å². The number of alkyl halides is 3. The molecule has 0 aliphatic heterocycles. The largest absolute Gasteiger partial charge is 0.476 e. The van der Waals surface area contributed by atoms with E-state index in [9.17, 15) is 18.0 Å². The molecular formula is C13H13F3N4O2. The summed E-state index contributed by atoms with van der Waals surface area (Å²) in [6.45, 7) is 2.29. The molecule has 0 unspecified atom stereocenters. The van der Waals surface area contributed by atoms with Crippen LogP contribution in [0.25, 0.3) is 5.69 Å². The Bertz CT molecular complexity index is 682. The van der Waals surface area contributed by atoms with Gasteiger partial charge in [0.25, 0.3) is 0 Å². The zero-order chi connectivity index (χ0) is 16.3. The zero-order valence-corrected chi connectivity index (χ0v) is 11.6. The fourth-order valence-corrected chi connectivity index (χ4v) is 1.81. The molecule has 0 fully saturated rings. The molecule has 0 bridgehead atoms. The van der Waals surface area contributed by atoms with Gasteiger partial charge in [0.1, 0.15) is 0 Å². The van der Waals surface area contributed by atoms with Crippen molar-refractivity contribution in [3.63, 3.8) is 0 Å². The first-order valence-electron chi connectivity index (χ1n) is 6.45. The molecule has 2 aromatic rings. The molecule has 22 heavy (non-hydrogen) atoms. The third kappa shape index (κ3) is 3.18. The number of carboxylic acid groups (broad SMARTS) is 1. The molecule has 0 aliphatic rings. The second-order valence-corrected chi connectivity index (χ2v) is 4.43. The Kier molecular flexibility index (Phi) is 4.34. The average Bonchev–Trinajstić information content (AvgIpc) is 2.88. The van der Waals surface area contributed by atoms with Crippen LogP contribution in [0.2, 0.25) is 0 Å². The number of hydrogen-bond donors (Lipinski definition) is 2. The third-order valence-corrected chi connectivity index (χ3v) is 2.78. The highest BCUT2D eigenvalue weighted by Crippen LogP contribution is 2.33. The minimum Gasteiger partial charge on any atom is -0.476 e. The van der Waals surface area contributed by atoms with Crippen LogP contribution < -0.4 is 5.32 Å². The van der Waals surface area contributed by atoms with Gasteiger partial charge in [-0.15, -0.1) is 15.0 Å². The van der Waals surface area contributed by atoms with Crippen LogP contribution in [0.15, 0.2) is 24.3 Å². The van der Waals surface area contributed by atoms with E-state index in [1.165, 1.54) is 18.2 Å². The molecular weight excluding hydrogens is 301 g/mol. The monoisotopic (exact) mass is 314 g/mol.